The van der Waals surface area contributed by atoms with Gasteiger partial charge < -0.3 is 15.4 Å². The molecular weight excluding hydrogens is 435 g/mol. The summed E-state index contributed by atoms with van der Waals surface area (Å²) in [4.78, 5) is 13.0. The largest absolute Gasteiger partial charge is 0.489 e. The van der Waals surface area contributed by atoms with E-state index in [4.69, 9.17) is 16.3 Å². The predicted octanol–water partition coefficient (Wildman–Crippen LogP) is 5.97. The van der Waals surface area contributed by atoms with E-state index in [2.05, 4.69) is 10.6 Å². The van der Waals surface area contributed by atoms with Crippen molar-refractivity contribution >= 4 is 41.0 Å². The molecule has 1 heterocycles. The topological polar surface area (TPSA) is 50.4 Å². The third-order valence-corrected chi connectivity index (χ3v) is 5.98. The van der Waals surface area contributed by atoms with Gasteiger partial charge in [-0.3, -0.25) is 4.79 Å². The Kier molecular flexibility index (Phi) is 6.49. The molecule has 31 heavy (non-hydrogen) atoms. The zero-order chi connectivity index (χ0) is 21.8. The van der Waals surface area contributed by atoms with Gasteiger partial charge in [0, 0.05) is 10.7 Å². The van der Waals surface area contributed by atoms with E-state index in [0.717, 1.165) is 22.4 Å². The van der Waals surface area contributed by atoms with Gasteiger partial charge in [-0.25, -0.2) is 4.39 Å². The summed E-state index contributed by atoms with van der Waals surface area (Å²) in [6.45, 7) is 2.34. The summed E-state index contributed by atoms with van der Waals surface area (Å²) in [5.74, 6) is 0.305. The van der Waals surface area contributed by atoms with E-state index < -0.39 is 0 Å². The van der Waals surface area contributed by atoms with Crippen LogP contribution in [0.1, 0.15) is 16.7 Å². The SMILES string of the molecule is Cc1ccc(Cl)cc1NC1NC(=O)/C(=C/c2ccc(OCc3ccc(F)cc3)cc2)S1. The smallest absolute Gasteiger partial charge is 0.260 e. The normalized spacial score (nSPS) is 16.9. The fourth-order valence-electron chi connectivity index (χ4n) is 3.02. The van der Waals surface area contributed by atoms with E-state index in [1.54, 1.807) is 12.1 Å². The van der Waals surface area contributed by atoms with Gasteiger partial charge in [-0.2, -0.15) is 0 Å². The number of anilines is 1. The number of rotatable bonds is 6. The molecule has 1 aliphatic rings. The fourth-order valence-corrected chi connectivity index (χ4v) is 4.16. The van der Waals surface area contributed by atoms with Gasteiger partial charge in [0.25, 0.3) is 5.91 Å². The molecule has 158 valence electrons. The van der Waals surface area contributed by atoms with Crippen LogP contribution in [0.15, 0.2) is 71.6 Å². The van der Waals surface area contributed by atoms with Crippen molar-refractivity contribution in [3.8, 4) is 5.75 Å². The second kappa shape index (κ2) is 9.45. The number of hydrogen-bond acceptors (Lipinski definition) is 4. The summed E-state index contributed by atoms with van der Waals surface area (Å²) >= 11 is 7.49. The van der Waals surface area contributed by atoms with Crippen LogP contribution in [0.2, 0.25) is 5.02 Å². The highest BCUT2D eigenvalue weighted by atomic mass is 35.5. The lowest BCUT2D eigenvalue weighted by atomic mass is 10.2. The minimum absolute atomic E-state index is 0.126. The van der Waals surface area contributed by atoms with E-state index in [0.29, 0.717) is 22.3 Å². The first-order chi connectivity index (χ1) is 15.0. The maximum Gasteiger partial charge on any atom is 0.260 e. The van der Waals surface area contributed by atoms with Crippen molar-refractivity contribution in [2.75, 3.05) is 5.32 Å². The Balaban J connectivity index is 1.37. The summed E-state index contributed by atoms with van der Waals surface area (Å²) in [6.07, 6.45) is 1.84. The van der Waals surface area contributed by atoms with E-state index in [1.807, 2.05) is 55.5 Å². The number of carbonyl (C=O) groups excluding carboxylic acids is 1. The highest BCUT2D eigenvalue weighted by molar-refractivity contribution is 8.05. The van der Waals surface area contributed by atoms with E-state index >= 15 is 0 Å². The third kappa shape index (κ3) is 5.60. The minimum atomic E-state index is -0.269. The van der Waals surface area contributed by atoms with Crippen LogP contribution in [0.3, 0.4) is 0 Å². The van der Waals surface area contributed by atoms with Gasteiger partial charge in [-0.05, 0) is 66.1 Å². The molecule has 0 saturated carbocycles. The standard InChI is InChI=1S/C24H20ClFN2O2S/c1-15-2-7-18(25)13-21(15)27-24-28-23(29)22(31-24)12-16-5-10-20(11-6-16)30-14-17-3-8-19(26)9-4-17/h2-13,24,27H,14H2,1H3,(H,28,29)/b22-12-. The summed E-state index contributed by atoms with van der Waals surface area (Å²) in [6, 6.07) is 19.3. The van der Waals surface area contributed by atoms with Crippen molar-refractivity contribution in [3.63, 3.8) is 0 Å². The van der Waals surface area contributed by atoms with Crippen molar-refractivity contribution in [3.05, 3.63) is 99.2 Å². The average molecular weight is 455 g/mol. The maximum atomic E-state index is 13.0. The second-order valence-corrected chi connectivity index (χ2v) is 8.65. The van der Waals surface area contributed by atoms with Crippen LogP contribution in [0.4, 0.5) is 10.1 Å². The molecule has 2 N–H and O–H groups in total. The van der Waals surface area contributed by atoms with Crippen molar-refractivity contribution in [2.45, 2.75) is 19.0 Å². The van der Waals surface area contributed by atoms with E-state index in [9.17, 15) is 9.18 Å². The quantitative estimate of drug-likeness (QED) is 0.451. The molecule has 1 amide bonds. The average Bonchev–Trinajstić information content (AvgIpc) is 3.10. The molecule has 1 atom stereocenters. The molecule has 0 aliphatic carbocycles. The number of aryl methyl sites for hydroxylation is 1. The number of ether oxygens (including phenoxy) is 1. The first-order valence-electron chi connectivity index (χ1n) is 9.65. The molecule has 0 spiro atoms. The Morgan fingerprint density at radius 1 is 1.13 bits per heavy atom. The highest BCUT2D eigenvalue weighted by Crippen LogP contribution is 2.32. The lowest BCUT2D eigenvalue weighted by Crippen LogP contribution is -2.31. The summed E-state index contributed by atoms with van der Waals surface area (Å²) in [5, 5.41) is 6.87. The first-order valence-corrected chi connectivity index (χ1v) is 10.9. The Morgan fingerprint density at radius 2 is 1.87 bits per heavy atom. The monoisotopic (exact) mass is 454 g/mol. The molecule has 7 heteroatoms. The Hall–Kier alpha value is -2.96. The first kappa shape index (κ1) is 21.3. The number of nitrogens with one attached hydrogen (secondary N) is 2. The molecular formula is C24H20ClFN2O2S. The van der Waals surface area contributed by atoms with Crippen molar-refractivity contribution in [1.82, 2.24) is 5.32 Å². The van der Waals surface area contributed by atoms with Crippen LogP contribution in [-0.2, 0) is 11.4 Å². The van der Waals surface area contributed by atoms with Gasteiger partial charge in [0.05, 0.1) is 4.91 Å². The number of halogens is 2. The number of carbonyl (C=O) groups is 1. The van der Waals surface area contributed by atoms with Crippen molar-refractivity contribution in [2.24, 2.45) is 0 Å². The molecule has 0 radical (unpaired) electrons. The minimum Gasteiger partial charge on any atom is -0.489 e. The van der Waals surface area contributed by atoms with Crippen molar-refractivity contribution in [1.29, 1.82) is 0 Å². The van der Waals surface area contributed by atoms with Gasteiger partial charge >= 0.3 is 0 Å². The molecule has 1 saturated heterocycles. The maximum absolute atomic E-state index is 13.0. The third-order valence-electron chi connectivity index (χ3n) is 4.71. The Labute approximate surface area is 189 Å². The molecule has 4 rings (SSSR count). The fraction of sp³-hybridized carbons (Fsp3) is 0.125. The number of hydrogen-bond donors (Lipinski definition) is 2. The van der Waals surface area contributed by atoms with Crippen LogP contribution in [0.25, 0.3) is 6.08 Å². The van der Waals surface area contributed by atoms with Crippen LogP contribution < -0.4 is 15.4 Å². The lowest BCUT2D eigenvalue weighted by molar-refractivity contribution is -0.116. The molecule has 1 fully saturated rings. The number of thioether (sulfide) groups is 1. The Bertz CT molecular complexity index is 1120. The second-order valence-electron chi connectivity index (χ2n) is 7.07. The van der Waals surface area contributed by atoms with Gasteiger partial charge in [-0.1, -0.05) is 53.7 Å². The van der Waals surface area contributed by atoms with Gasteiger partial charge in [0.1, 0.15) is 18.2 Å². The van der Waals surface area contributed by atoms with Crippen LogP contribution in [-0.4, -0.2) is 11.4 Å². The van der Waals surface area contributed by atoms with Crippen LogP contribution in [0.5, 0.6) is 5.75 Å². The molecule has 0 aromatic heterocycles. The number of amides is 1. The van der Waals surface area contributed by atoms with E-state index in [-0.39, 0.29) is 17.2 Å². The van der Waals surface area contributed by atoms with Crippen molar-refractivity contribution < 1.29 is 13.9 Å². The summed E-state index contributed by atoms with van der Waals surface area (Å²) in [5.41, 5.74) is 3.45. The summed E-state index contributed by atoms with van der Waals surface area (Å²) < 4.78 is 18.7. The molecule has 3 aromatic rings. The zero-order valence-electron chi connectivity index (χ0n) is 16.7. The number of benzene rings is 3. The summed E-state index contributed by atoms with van der Waals surface area (Å²) in [7, 11) is 0. The van der Waals surface area contributed by atoms with Gasteiger partial charge in [0.15, 0.2) is 5.50 Å². The highest BCUT2D eigenvalue weighted by Gasteiger charge is 2.27. The molecule has 1 unspecified atom stereocenters. The molecule has 0 bridgehead atoms. The van der Waals surface area contributed by atoms with Gasteiger partial charge in [0.2, 0.25) is 0 Å². The zero-order valence-corrected chi connectivity index (χ0v) is 18.3. The lowest BCUT2D eigenvalue weighted by Gasteiger charge is -2.15. The molecule has 3 aromatic carbocycles. The molecule has 4 nitrogen and oxygen atoms in total. The van der Waals surface area contributed by atoms with E-state index in [1.165, 1.54) is 23.9 Å². The molecule has 1 aliphatic heterocycles. The van der Waals surface area contributed by atoms with Gasteiger partial charge in [-0.15, -0.1) is 0 Å². The van der Waals surface area contributed by atoms with Crippen LogP contribution >= 0.6 is 23.4 Å². The predicted molar refractivity (Wildman–Crippen MR) is 124 cm³/mol. The van der Waals surface area contributed by atoms with Crippen LogP contribution in [0, 0.1) is 12.7 Å². The Morgan fingerprint density at radius 3 is 2.61 bits per heavy atom.